The van der Waals surface area contributed by atoms with Crippen LogP contribution in [0.4, 0.5) is 14.9 Å². The van der Waals surface area contributed by atoms with E-state index in [2.05, 4.69) is 15.6 Å². The zero-order chi connectivity index (χ0) is 18.0. The number of nitrogens with zero attached hydrogens (tertiary/aromatic N) is 2. The van der Waals surface area contributed by atoms with Crippen molar-refractivity contribution in [1.29, 1.82) is 0 Å². The highest BCUT2D eigenvalue weighted by molar-refractivity contribution is 6.17. The summed E-state index contributed by atoms with van der Waals surface area (Å²) in [6.07, 6.45) is 1.56. The fraction of sp³-hybridized carbons (Fsp3) is 0.118. The SMILES string of the molecule is Cc1ccc(/C=C2/C(=O)N/C(=N\C(=O)Nc3ccc(F)cc3)N2C)o1. The molecule has 1 aliphatic rings. The van der Waals surface area contributed by atoms with Gasteiger partial charge in [-0.2, -0.15) is 4.99 Å². The Bertz CT molecular complexity index is 884. The molecule has 1 aliphatic heterocycles. The number of urea groups is 1. The molecule has 0 saturated carbocycles. The highest BCUT2D eigenvalue weighted by Crippen LogP contribution is 2.17. The number of hydrogen-bond donors (Lipinski definition) is 2. The summed E-state index contributed by atoms with van der Waals surface area (Å²) in [4.78, 5) is 29.3. The molecule has 0 atom stereocenters. The summed E-state index contributed by atoms with van der Waals surface area (Å²) >= 11 is 0. The number of aliphatic imine (C=N–C) groups is 1. The van der Waals surface area contributed by atoms with E-state index in [1.807, 2.05) is 0 Å². The Morgan fingerprint density at radius 3 is 2.64 bits per heavy atom. The lowest BCUT2D eigenvalue weighted by atomic mass is 10.3. The number of guanidine groups is 1. The first-order chi connectivity index (χ1) is 11.9. The fourth-order valence-corrected chi connectivity index (χ4v) is 2.23. The second kappa shape index (κ2) is 6.60. The van der Waals surface area contributed by atoms with E-state index in [1.165, 1.54) is 29.2 Å². The number of carbonyl (C=O) groups is 2. The average molecular weight is 342 g/mol. The minimum Gasteiger partial charge on any atom is -0.462 e. The summed E-state index contributed by atoms with van der Waals surface area (Å²) in [5, 5.41) is 5.00. The molecular weight excluding hydrogens is 327 g/mol. The standard InChI is InChI=1S/C17H15FN4O3/c1-10-3-8-13(25-10)9-14-15(23)20-16(22(14)2)21-17(24)19-12-6-4-11(18)5-7-12/h3-9H,1-2H3,(H2,19,20,21,23,24)/b14-9-. The highest BCUT2D eigenvalue weighted by Gasteiger charge is 2.29. The summed E-state index contributed by atoms with van der Waals surface area (Å²) in [7, 11) is 1.60. The zero-order valence-corrected chi connectivity index (χ0v) is 13.5. The average Bonchev–Trinajstić information content (AvgIpc) is 3.08. The van der Waals surface area contributed by atoms with Crippen molar-refractivity contribution in [3.8, 4) is 0 Å². The molecule has 0 aliphatic carbocycles. The van der Waals surface area contributed by atoms with Crippen LogP contribution in [0, 0.1) is 12.7 Å². The first-order valence-corrected chi connectivity index (χ1v) is 7.41. The number of amides is 3. The van der Waals surface area contributed by atoms with Gasteiger partial charge >= 0.3 is 6.03 Å². The van der Waals surface area contributed by atoms with E-state index >= 15 is 0 Å². The quantitative estimate of drug-likeness (QED) is 0.822. The molecule has 2 aromatic rings. The number of furan rings is 1. The van der Waals surface area contributed by atoms with Crippen LogP contribution in [-0.2, 0) is 4.79 Å². The van der Waals surface area contributed by atoms with Crippen LogP contribution in [0.5, 0.6) is 0 Å². The summed E-state index contributed by atoms with van der Waals surface area (Å²) in [5.41, 5.74) is 0.687. The predicted molar refractivity (Wildman–Crippen MR) is 90.2 cm³/mol. The molecule has 3 rings (SSSR count). The maximum atomic E-state index is 12.9. The van der Waals surface area contributed by atoms with Gasteiger partial charge in [0.1, 0.15) is 23.0 Å². The van der Waals surface area contributed by atoms with Gasteiger partial charge in [-0.15, -0.1) is 0 Å². The van der Waals surface area contributed by atoms with Crippen molar-refractivity contribution in [2.75, 3.05) is 12.4 Å². The van der Waals surface area contributed by atoms with Crippen LogP contribution in [0.1, 0.15) is 11.5 Å². The third kappa shape index (κ3) is 3.74. The molecule has 128 valence electrons. The number of likely N-dealkylation sites (N-methyl/N-ethyl adjacent to an activating group) is 1. The number of aryl methyl sites for hydroxylation is 1. The molecule has 2 N–H and O–H groups in total. The van der Waals surface area contributed by atoms with Crippen molar-refractivity contribution in [1.82, 2.24) is 10.2 Å². The Morgan fingerprint density at radius 2 is 2.00 bits per heavy atom. The molecule has 2 heterocycles. The smallest absolute Gasteiger partial charge is 0.348 e. The second-order valence-electron chi connectivity index (χ2n) is 5.36. The first-order valence-electron chi connectivity index (χ1n) is 7.41. The monoisotopic (exact) mass is 342 g/mol. The topological polar surface area (TPSA) is 86.9 Å². The summed E-state index contributed by atoms with van der Waals surface area (Å²) in [6.45, 7) is 1.80. The lowest BCUT2D eigenvalue weighted by Crippen LogP contribution is -2.29. The van der Waals surface area contributed by atoms with E-state index in [0.717, 1.165) is 5.76 Å². The van der Waals surface area contributed by atoms with Crippen molar-refractivity contribution >= 4 is 29.7 Å². The van der Waals surface area contributed by atoms with Crippen molar-refractivity contribution in [3.63, 3.8) is 0 Å². The molecule has 8 heteroatoms. The van der Waals surface area contributed by atoms with Crippen LogP contribution >= 0.6 is 0 Å². The van der Waals surface area contributed by atoms with Crippen LogP contribution in [0.3, 0.4) is 0 Å². The predicted octanol–water partition coefficient (Wildman–Crippen LogP) is 2.72. The number of anilines is 1. The highest BCUT2D eigenvalue weighted by atomic mass is 19.1. The van der Waals surface area contributed by atoms with Gasteiger partial charge in [-0.25, -0.2) is 9.18 Å². The lowest BCUT2D eigenvalue weighted by Gasteiger charge is -2.10. The van der Waals surface area contributed by atoms with Crippen LogP contribution in [-0.4, -0.2) is 29.8 Å². The number of nitrogens with one attached hydrogen (secondary N) is 2. The Kier molecular flexibility index (Phi) is 4.34. The number of hydrogen-bond acceptors (Lipinski definition) is 3. The van der Waals surface area contributed by atoms with Gasteiger partial charge in [0.25, 0.3) is 5.91 Å². The summed E-state index contributed by atoms with van der Waals surface area (Å²) in [6, 6.07) is 8.09. The molecule has 3 amide bonds. The normalized spacial score (nSPS) is 17.2. The van der Waals surface area contributed by atoms with Gasteiger partial charge < -0.3 is 14.6 Å². The molecular formula is C17H15FN4O3. The van der Waals surface area contributed by atoms with E-state index in [0.29, 0.717) is 17.1 Å². The number of halogens is 1. The van der Waals surface area contributed by atoms with Crippen LogP contribution in [0.2, 0.25) is 0 Å². The molecule has 0 unspecified atom stereocenters. The van der Waals surface area contributed by atoms with E-state index in [9.17, 15) is 14.0 Å². The van der Waals surface area contributed by atoms with Gasteiger partial charge in [-0.3, -0.25) is 10.1 Å². The zero-order valence-electron chi connectivity index (χ0n) is 13.5. The van der Waals surface area contributed by atoms with Crippen molar-refractivity contribution < 1.29 is 18.4 Å². The molecule has 1 aromatic heterocycles. The van der Waals surface area contributed by atoms with Crippen molar-refractivity contribution in [2.45, 2.75) is 6.92 Å². The number of benzene rings is 1. The number of rotatable bonds is 2. The third-order valence-corrected chi connectivity index (χ3v) is 3.48. The van der Waals surface area contributed by atoms with E-state index in [-0.39, 0.29) is 5.96 Å². The number of carbonyl (C=O) groups excluding carboxylic acids is 2. The maximum absolute atomic E-state index is 12.9. The molecule has 0 bridgehead atoms. The molecule has 7 nitrogen and oxygen atoms in total. The molecule has 1 fully saturated rings. The lowest BCUT2D eigenvalue weighted by molar-refractivity contribution is -0.115. The van der Waals surface area contributed by atoms with Crippen LogP contribution in [0.15, 0.2) is 51.5 Å². The van der Waals surface area contributed by atoms with E-state index < -0.39 is 17.8 Å². The molecule has 25 heavy (non-hydrogen) atoms. The molecule has 0 spiro atoms. The molecule has 0 radical (unpaired) electrons. The fourth-order valence-electron chi connectivity index (χ4n) is 2.23. The second-order valence-corrected chi connectivity index (χ2v) is 5.36. The van der Waals surface area contributed by atoms with E-state index in [4.69, 9.17) is 4.42 Å². The van der Waals surface area contributed by atoms with Gasteiger partial charge in [0.05, 0.1) is 0 Å². The van der Waals surface area contributed by atoms with Crippen molar-refractivity contribution in [2.24, 2.45) is 4.99 Å². The van der Waals surface area contributed by atoms with E-state index in [1.54, 1.807) is 32.2 Å². The Labute approximate surface area is 142 Å². The third-order valence-electron chi connectivity index (χ3n) is 3.48. The van der Waals surface area contributed by atoms with Crippen LogP contribution < -0.4 is 10.6 Å². The van der Waals surface area contributed by atoms with Crippen molar-refractivity contribution in [3.05, 3.63) is 59.4 Å². The first kappa shape index (κ1) is 16.4. The van der Waals surface area contributed by atoms with Gasteiger partial charge in [0, 0.05) is 18.8 Å². The maximum Gasteiger partial charge on any atom is 0.348 e. The molecule has 1 saturated heterocycles. The largest absolute Gasteiger partial charge is 0.462 e. The minimum atomic E-state index is -0.691. The Hall–Kier alpha value is -3.42. The minimum absolute atomic E-state index is 0.0825. The summed E-state index contributed by atoms with van der Waals surface area (Å²) < 4.78 is 18.3. The Morgan fingerprint density at radius 1 is 1.28 bits per heavy atom. The van der Waals surface area contributed by atoms with Gasteiger partial charge in [0.15, 0.2) is 0 Å². The summed E-state index contributed by atoms with van der Waals surface area (Å²) in [5.74, 6) is 0.519. The van der Waals surface area contributed by atoms with Gasteiger partial charge in [-0.1, -0.05) is 0 Å². The van der Waals surface area contributed by atoms with Gasteiger partial charge in [-0.05, 0) is 43.3 Å². The van der Waals surface area contributed by atoms with Gasteiger partial charge in [0.2, 0.25) is 5.96 Å². The molecule has 1 aromatic carbocycles. The van der Waals surface area contributed by atoms with Crippen LogP contribution in [0.25, 0.3) is 6.08 Å². The Balaban J connectivity index is 1.75.